The molecule has 0 atom stereocenters. The molecule has 1 aliphatic rings. The molecule has 7 heteroatoms. The highest BCUT2D eigenvalue weighted by Gasteiger charge is 2.18. The van der Waals surface area contributed by atoms with Gasteiger partial charge in [0.1, 0.15) is 12.9 Å². The van der Waals surface area contributed by atoms with Crippen LogP contribution in [0.25, 0.3) is 0 Å². The number of oxime groups is 1. The van der Waals surface area contributed by atoms with E-state index < -0.39 is 0 Å². The standard InChI is InChI=1S/C20H25N5O2/c1-24-10-12-25(13-11-24)19-18(4-3-9-21-19)15-22-20(26)17-7-5-16(6-8-17)14-23-27-2/h3-9,14H,10-13,15H2,1-2H3,(H,22,26)/b23-14+. The summed E-state index contributed by atoms with van der Waals surface area (Å²) >= 11 is 0. The Balaban J connectivity index is 1.63. The molecule has 2 aromatic rings. The van der Waals surface area contributed by atoms with Crippen LogP contribution in [-0.2, 0) is 11.4 Å². The molecule has 7 nitrogen and oxygen atoms in total. The van der Waals surface area contributed by atoms with E-state index in [1.807, 2.05) is 24.3 Å². The highest BCUT2D eigenvalue weighted by atomic mass is 16.6. The molecule has 0 saturated carbocycles. The number of piperazine rings is 1. The van der Waals surface area contributed by atoms with Crippen molar-refractivity contribution in [2.24, 2.45) is 5.16 Å². The fourth-order valence-corrected chi connectivity index (χ4v) is 2.98. The first kappa shape index (κ1) is 18.8. The number of nitrogens with zero attached hydrogens (tertiary/aromatic N) is 4. The first-order chi connectivity index (χ1) is 13.2. The number of aromatic nitrogens is 1. The number of hydrogen-bond acceptors (Lipinski definition) is 6. The maximum Gasteiger partial charge on any atom is 0.251 e. The van der Waals surface area contributed by atoms with Crippen molar-refractivity contribution in [2.75, 3.05) is 45.2 Å². The Morgan fingerprint density at radius 1 is 1.22 bits per heavy atom. The minimum atomic E-state index is -0.113. The van der Waals surface area contributed by atoms with Crippen LogP contribution in [0.15, 0.2) is 47.8 Å². The SMILES string of the molecule is CO/N=C/c1ccc(C(=O)NCc2cccnc2N2CCN(C)CC2)cc1. The van der Waals surface area contributed by atoms with Crippen molar-refractivity contribution in [2.45, 2.75) is 6.54 Å². The average Bonchev–Trinajstić information content (AvgIpc) is 2.72. The normalized spacial score (nSPS) is 15.1. The van der Waals surface area contributed by atoms with Crippen molar-refractivity contribution in [1.82, 2.24) is 15.2 Å². The third-order valence-electron chi connectivity index (χ3n) is 4.59. The van der Waals surface area contributed by atoms with E-state index in [4.69, 9.17) is 0 Å². The van der Waals surface area contributed by atoms with Crippen LogP contribution in [0, 0.1) is 0 Å². The second kappa shape index (κ2) is 9.14. The minimum Gasteiger partial charge on any atom is -0.399 e. The summed E-state index contributed by atoms with van der Waals surface area (Å²) in [7, 11) is 3.62. The predicted octanol–water partition coefficient (Wildman–Crippen LogP) is 1.74. The molecule has 2 heterocycles. The monoisotopic (exact) mass is 367 g/mol. The highest BCUT2D eigenvalue weighted by Crippen LogP contribution is 2.18. The van der Waals surface area contributed by atoms with E-state index in [0.29, 0.717) is 12.1 Å². The lowest BCUT2D eigenvalue weighted by Crippen LogP contribution is -2.45. The number of carbonyl (C=O) groups excluding carboxylic acids is 1. The number of nitrogens with one attached hydrogen (secondary N) is 1. The fourth-order valence-electron chi connectivity index (χ4n) is 2.98. The number of likely N-dealkylation sites (N-methyl/N-ethyl adjacent to an activating group) is 1. The van der Waals surface area contributed by atoms with Crippen LogP contribution in [0.1, 0.15) is 21.5 Å². The number of hydrogen-bond donors (Lipinski definition) is 1. The highest BCUT2D eigenvalue weighted by molar-refractivity contribution is 5.95. The lowest BCUT2D eigenvalue weighted by atomic mass is 10.1. The molecule has 1 N–H and O–H groups in total. The molecular formula is C20H25N5O2. The molecule has 142 valence electrons. The molecule has 0 spiro atoms. The van der Waals surface area contributed by atoms with Crippen molar-refractivity contribution in [3.63, 3.8) is 0 Å². The van der Waals surface area contributed by atoms with Crippen LogP contribution in [0.2, 0.25) is 0 Å². The van der Waals surface area contributed by atoms with Gasteiger partial charge in [0, 0.05) is 50.0 Å². The van der Waals surface area contributed by atoms with Gasteiger partial charge in [0.25, 0.3) is 5.91 Å². The van der Waals surface area contributed by atoms with Crippen LogP contribution in [0.5, 0.6) is 0 Å². The van der Waals surface area contributed by atoms with Crippen LogP contribution in [0.3, 0.4) is 0 Å². The number of amides is 1. The maximum absolute atomic E-state index is 12.5. The van der Waals surface area contributed by atoms with Crippen LogP contribution in [0.4, 0.5) is 5.82 Å². The number of rotatable bonds is 6. The number of pyridine rings is 1. The van der Waals surface area contributed by atoms with E-state index in [9.17, 15) is 4.79 Å². The second-order valence-electron chi connectivity index (χ2n) is 6.50. The molecule has 1 saturated heterocycles. The van der Waals surface area contributed by atoms with E-state index in [1.54, 1.807) is 24.5 Å². The van der Waals surface area contributed by atoms with Gasteiger partial charge in [-0.3, -0.25) is 4.79 Å². The summed E-state index contributed by atoms with van der Waals surface area (Å²) in [6.07, 6.45) is 3.40. The molecule has 27 heavy (non-hydrogen) atoms. The third kappa shape index (κ3) is 5.04. The lowest BCUT2D eigenvalue weighted by molar-refractivity contribution is 0.0951. The Bertz CT molecular complexity index is 783. The van der Waals surface area contributed by atoms with Gasteiger partial charge in [0.15, 0.2) is 0 Å². The Morgan fingerprint density at radius 3 is 2.67 bits per heavy atom. The van der Waals surface area contributed by atoms with Crippen molar-refractivity contribution >= 4 is 17.9 Å². The zero-order valence-electron chi connectivity index (χ0n) is 15.8. The summed E-state index contributed by atoms with van der Waals surface area (Å²) in [5.41, 5.74) is 2.51. The van der Waals surface area contributed by atoms with E-state index in [0.717, 1.165) is 43.1 Å². The number of anilines is 1. The summed E-state index contributed by atoms with van der Waals surface area (Å²) < 4.78 is 0. The summed E-state index contributed by atoms with van der Waals surface area (Å²) in [6, 6.07) is 11.1. The van der Waals surface area contributed by atoms with E-state index >= 15 is 0 Å². The smallest absolute Gasteiger partial charge is 0.251 e. The van der Waals surface area contributed by atoms with Gasteiger partial charge in [0.2, 0.25) is 0 Å². The van der Waals surface area contributed by atoms with Gasteiger partial charge in [-0.15, -0.1) is 0 Å². The van der Waals surface area contributed by atoms with Gasteiger partial charge in [-0.1, -0.05) is 23.4 Å². The molecular weight excluding hydrogens is 342 g/mol. The minimum absolute atomic E-state index is 0.113. The molecule has 1 aromatic carbocycles. The van der Waals surface area contributed by atoms with Gasteiger partial charge >= 0.3 is 0 Å². The molecule has 1 aliphatic heterocycles. The summed E-state index contributed by atoms with van der Waals surface area (Å²) in [6.45, 7) is 4.36. The lowest BCUT2D eigenvalue weighted by Gasteiger charge is -2.34. The first-order valence-electron chi connectivity index (χ1n) is 8.99. The van der Waals surface area contributed by atoms with Crippen LogP contribution in [-0.4, -0.2) is 62.3 Å². The fraction of sp³-hybridized carbons (Fsp3) is 0.350. The molecule has 0 bridgehead atoms. The predicted molar refractivity (Wildman–Crippen MR) is 106 cm³/mol. The molecule has 3 rings (SSSR count). The molecule has 1 fully saturated rings. The van der Waals surface area contributed by atoms with Crippen molar-refractivity contribution in [3.05, 3.63) is 59.3 Å². The zero-order valence-corrected chi connectivity index (χ0v) is 15.8. The largest absolute Gasteiger partial charge is 0.399 e. The van der Waals surface area contributed by atoms with Gasteiger partial charge in [-0.25, -0.2) is 4.98 Å². The van der Waals surface area contributed by atoms with Gasteiger partial charge in [0.05, 0.1) is 6.21 Å². The third-order valence-corrected chi connectivity index (χ3v) is 4.59. The van der Waals surface area contributed by atoms with Crippen molar-refractivity contribution in [1.29, 1.82) is 0 Å². The second-order valence-corrected chi connectivity index (χ2v) is 6.50. The molecule has 1 aromatic heterocycles. The van der Waals surface area contributed by atoms with Gasteiger partial charge in [-0.2, -0.15) is 0 Å². The molecule has 0 unspecified atom stereocenters. The van der Waals surface area contributed by atoms with E-state index in [2.05, 4.69) is 37.1 Å². The van der Waals surface area contributed by atoms with Crippen LogP contribution < -0.4 is 10.2 Å². The number of benzene rings is 1. The quantitative estimate of drug-likeness (QED) is 0.622. The Kier molecular flexibility index (Phi) is 6.38. The maximum atomic E-state index is 12.5. The van der Waals surface area contributed by atoms with E-state index in [1.165, 1.54) is 7.11 Å². The molecule has 0 radical (unpaired) electrons. The van der Waals surface area contributed by atoms with Gasteiger partial charge < -0.3 is 20.0 Å². The Labute approximate surface area is 159 Å². The molecule has 1 amide bonds. The van der Waals surface area contributed by atoms with Crippen LogP contribution >= 0.6 is 0 Å². The topological polar surface area (TPSA) is 70.1 Å². The average molecular weight is 367 g/mol. The van der Waals surface area contributed by atoms with Crippen molar-refractivity contribution in [3.8, 4) is 0 Å². The van der Waals surface area contributed by atoms with Gasteiger partial charge in [-0.05, 0) is 30.8 Å². The summed E-state index contributed by atoms with van der Waals surface area (Å²) in [5.74, 6) is 0.843. The Morgan fingerprint density at radius 2 is 1.96 bits per heavy atom. The summed E-state index contributed by atoms with van der Waals surface area (Å²) in [4.78, 5) is 26.3. The van der Waals surface area contributed by atoms with E-state index in [-0.39, 0.29) is 5.91 Å². The van der Waals surface area contributed by atoms with Crippen molar-refractivity contribution < 1.29 is 9.63 Å². The molecule has 0 aliphatic carbocycles. The zero-order chi connectivity index (χ0) is 19.1. The number of carbonyl (C=O) groups is 1. The Hall–Kier alpha value is -2.93. The first-order valence-corrected chi connectivity index (χ1v) is 8.99. The summed E-state index contributed by atoms with van der Waals surface area (Å²) in [5, 5.41) is 6.70.